The Kier molecular flexibility index (Phi) is 5.23. The topological polar surface area (TPSA) is 64.7 Å². The summed E-state index contributed by atoms with van der Waals surface area (Å²) in [5, 5.41) is 11.3. The third-order valence-electron chi connectivity index (χ3n) is 3.83. The molecule has 0 aliphatic carbocycles. The SMILES string of the molecule is CCn1ccc(NC(=O)CCCn2cc(-c3ccc(F)cc3)cn2)n1. The van der Waals surface area contributed by atoms with Crippen LogP contribution in [0.3, 0.4) is 0 Å². The van der Waals surface area contributed by atoms with Gasteiger partial charge in [-0.3, -0.25) is 14.2 Å². The predicted molar refractivity (Wildman–Crippen MR) is 93.4 cm³/mol. The van der Waals surface area contributed by atoms with E-state index in [1.165, 1.54) is 12.1 Å². The average Bonchev–Trinajstić information content (AvgIpc) is 3.25. The van der Waals surface area contributed by atoms with Gasteiger partial charge in [-0.25, -0.2) is 4.39 Å². The lowest BCUT2D eigenvalue weighted by Crippen LogP contribution is -2.13. The van der Waals surface area contributed by atoms with Gasteiger partial charge in [-0.2, -0.15) is 10.2 Å². The third-order valence-corrected chi connectivity index (χ3v) is 3.83. The highest BCUT2D eigenvalue weighted by Gasteiger charge is 2.06. The van der Waals surface area contributed by atoms with Crippen molar-refractivity contribution in [1.29, 1.82) is 0 Å². The molecule has 2 aromatic heterocycles. The fraction of sp³-hybridized carbons (Fsp3) is 0.278. The van der Waals surface area contributed by atoms with Gasteiger partial charge >= 0.3 is 0 Å². The first kappa shape index (κ1) is 16.9. The maximum atomic E-state index is 13.0. The first-order valence-electron chi connectivity index (χ1n) is 8.26. The van der Waals surface area contributed by atoms with Crippen LogP contribution in [-0.2, 0) is 17.9 Å². The van der Waals surface area contributed by atoms with E-state index >= 15 is 0 Å². The van der Waals surface area contributed by atoms with E-state index in [0.29, 0.717) is 25.2 Å². The Morgan fingerprint density at radius 2 is 1.96 bits per heavy atom. The summed E-state index contributed by atoms with van der Waals surface area (Å²) < 4.78 is 16.5. The van der Waals surface area contributed by atoms with Crippen LogP contribution in [0.25, 0.3) is 11.1 Å². The Morgan fingerprint density at radius 3 is 2.68 bits per heavy atom. The Morgan fingerprint density at radius 1 is 1.16 bits per heavy atom. The number of halogens is 1. The van der Waals surface area contributed by atoms with Crippen LogP contribution in [0.2, 0.25) is 0 Å². The largest absolute Gasteiger partial charge is 0.309 e. The molecule has 6 nitrogen and oxygen atoms in total. The third kappa shape index (κ3) is 4.53. The molecule has 0 fully saturated rings. The van der Waals surface area contributed by atoms with Crippen LogP contribution in [0.4, 0.5) is 10.2 Å². The van der Waals surface area contributed by atoms with Gasteiger partial charge in [0.15, 0.2) is 5.82 Å². The molecule has 1 aromatic carbocycles. The summed E-state index contributed by atoms with van der Waals surface area (Å²) in [5.41, 5.74) is 1.84. The van der Waals surface area contributed by atoms with Gasteiger partial charge in [0.1, 0.15) is 5.82 Å². The van der Waals surface area contributed by atoms with E-state index in [1.807, 2.05) is 19.3 Å². The molecule has 0 bridgehead atoms. The number of nitrogens with zero attached hydrogens (tertiary/aromatic N) is 4. The van der Waals surface area contributed by atoms with Crippen molar-refractivity contribution in [2.45, 2.75) is 32.9 Å². The van der Waals surface area contributed by atoms with Crippen molar-refractivity contribution in [3.05, 3.63) is 54.7 Å². The molecule has 1 N–H and O–H groups in total. The second-order valence-electron chi connectivity index (χ2n) is 5.71. The molecule has 0 saturated carbocycles. The number of nitrogens with one attached hydrogen (secondary N) is 1. The molecule has 0 saturated heterocycles. The number of rotatable bonds is 7. The van der Waals surface area contributed by atoms with Crippen molar-refractivity contribution < 1.29 is 9.18 Å². The van der Waals surface area contributed by atoms with E-state index in [1.54, 1.807) is 33.8 Å². The lowest BCUT2D eigenvalue weighted by Gasteiger charge is -2.03. The molecule has 25 heavy (non-hydrogen) atoms. The standard InChI is InChI=1S/C18H20FN5O/c1-2-23-11-9-17(22-23)21-18(25)4-3-10-24-13-15(12-20-24)14-5-7-16(19)8-6-14/h5-9,11-13H,2-4,10H2,1H3,(H,21,22,25). The normalized spacial score (nSPS) is 10.8. The van der Waals surface area contributed by atoms with Crippen molar-refractivity contribution in [2.24, 2.45) is 0 Å². The molecule has 1 amide bonds. The fourth-order valence-electron chi connectivity index (χ4n) is 2.49. The zero-order chi connectivity index (χ0) is 17.6. The Labute approximate surface area is 145 Å². The van der Waals surface area contributed by atoms with Crippen LogP contribution in [0, 0.1) is 5.82 Å². The number of hydrogen-bond acceptors (Lipinski definition) is 3. The average molecular weight is 341 g/mol. The molecule has 0 spiro atoms. The summed E-state index contributed by atoms with van der Waals surface area (Å²) in [5.74, 6) is 0.253. The van der Waals surface area contributed by atoms with Crippen molar-refractivity contribution in [3.8, 4) is 11.1 Å². The second-order valence-corrected chi connectivity index (χ2v) is 5.71. The number of hydrogen-bond donors (Lipinski definition) is 1. The number of carbonyl (C=O) groups is 1. The van der Waals surface area contributed by atoms with E-state index in [9.17, 15) is 9.18 Å². The minimum absolute atomic E-state index is 0.0627. The molecule has 0 unspecified atom stereocenters. The smallest absolute Gasteiger partial charge is 0.225 e. The Hall–Kier alpha value is -2.96. The first-order chi connectivity index (χ1) is 12.1. The zero-order valence-corrected chi connectivity index (χ0v) is 14.0. The Bertz CT molecular complexity index is 837. The van der Waals surface area contributed by atoms with Gasteiger partial charge in [-0.1, -0.05) is 12.1 Å². The van der Waals surface area contributed by atoms with Crippen molar-refractivity contribution in [1.82, 2.24) is 19.6 Å². The number of benzene rings is 1. The second kappa shape index (κ2) is 7.74. The molecule has 2 heterocycles. The molecule has 0 radical (unpaired) electrons. The van der Waals surface area contributed by atoms with E-state index in [4.69, 9.17) is 0 Å². The number of aryl methyl sites for hydroxylation is 2. The summed E-state index contributed by atoms with van der Waals surface area (Å²) in [6.45, 7) is 3.40. The van der Waals surface area contributed by atoms with E-state index in [2.05, 4.69) is 15.5 Å². The van der Waals surface area contributed by atoms with Gasteiger partial charge in [0.2, 0.25) is 5.91 Å². The van der Waals surface area contributed by atoms with Crippen molar-refractivity contribution in [2.75, 3.05) is 5.32 Å². The van der Waals surface area contributed by atoms with E-state index < -0.39 is 0 Å². The summed E-state index contributed by atoms with van der Waals surface area (Å²) in [6, 6.07) is 8.08. The molecular weight excluding hydrogens is 321 g/mol. The number of carbonyl (C=O) groups excluding carboxylic acids is 1. The number of amides is 1. The van der Waals surface area contributed by atoms with Crippen LogP contribution in [0.15, 0.2) is 48.9 Å². The molecule has 3 aromatic rings. The van der Waals surface area contributed by atoms with Crippen molar-refractivity contribution in [3.63, 3.8) is 0 Å². The fourth-order valence-corrected chi connectivity index (χ4v) is 2.49. The van der Waals surface area contributed by atoms with Crippen LogP contribution >= 0.6 is 0 Å². The maximum Gasteiger partial charge on any atom is 0.225 e. The first-order valence-corrected chi connectivity index (χ1v) is 8.26. The van der Waals surface area contributed by atoms with Gasteiger partial charge in [-0.15, -0.1) is 0 Å². The molecule has 7 heteroatoms. The van der Waals surface area contributed by atoms with Gasteiger partial charge in [0.25, 0.3) is 0 Å². The molecule has 3 rings (SSSR count). The predicted octanol–water partition coefficient (Wildman–Crippen LogP) is 3.32. The van der Waals surface area contributed by atoms with Gasteiger partial charge in [0.05, 0.1) is 6.20 Å². The van der Waals surface area contributed by atoms with Crippen LogP contribution in [-0.4, -0.2) is 25.5 Å². The Balaban J connectivity index is 1.47. The van der Waals surface area contributed by atoms with E-state index in [-0.39, 0.29) is 11.7 Å². The van der Waals surface area contributed by atoms with Gasteiger partial charge < -0.3 is 5.32 Å². The molecule has 0 aliphatic heterocycles. The molecule has 130 valence electrons. The lowest BCUT2D eigenvalue weighted by molar-refractivity contribution is -0.116. The van der Waals surface area contributed by atoms with Crippen LogP contribution < -0.4 is 5.32 Å². The zero-order valence-electron chi connectivity index (χ0n) is 14.0. The van der Waals surface area contributed by atoms with Gasteiger partial charge in [-0.05, 0) is 31.0 Å². The summed E-state index contributed by atoms with van der Waals surface area (Å²) in [7, 11) is 0. The highest BCUT2D eigenvalue weighted by Crippen LogP contribution is 2.18. The quantitative estimate of drug-likeness (QED) is 0.717. The molecule has 0 atom stereocenters. The molecule has 0 aliphatic rings. The monoisotopic (exact) mass is 341 g/mol. The minimum Gasteiger partial charge on any atom is -0.309 e. The molecular formula is C18H20FN5O. The number of anilines is 1. The van der Waals surface area contributed by atoms with Gasteiger partial charge in [0, 0.05) is 43.5 Å². The maximum absolute atomic E-state index is 13.0. The van der Waals surface area contributed by atoms with Crippen molar-refractivity contribution >= 4 is 11.7 Å². The summed E-state index contributed by atoms with van der Waals surface area (Å²) >= 11 is 0. The van der Waals surface area contributed by atoms with E-state index in [0.717, 1.165) is 17.7 Å². The summed E-state index contributed by atoms with van der Waals surface area (Å²) in [4.78, 5) is 11.9. The highest BCUT2D eigenvalue weighted by atomic mass is 19.1. The lowest BCUT2D eigenvalue weighted by atomic mass is 10.1. The van der Waals surface area contributed by atoms with Crippen LogP contribution in [0.5, 0.6) is 0 Å². The van der Waals surface area contributed by atoms with Crippen LogP contribution in [0.1, 0.15) is 19.8 Å². The highest BCUT2D eigenvalue weighted by molar-refractivity contribution is 5.89. The number of aromatic nitrogens is 4. The summed E-state index contributed by atoms with van der Waals surface area (Å²) in [6.07, 6.45) is 6.53. The minimum atomic E-state index is -0.258.